The van der Waals surface area contributed by atoms with Crippen molar-refractivity contribution < 1.29 is 4.70 Å². The van der Waals surface area contributed by atoms with Crippen molar-refractivity contribution in [2.24, 2.45) is 0 Å². The van der Waals surface area contributed by atoms with E-state index < -0.39 is 0 Å². The quantitative estimate of drug-likeness (QED) is 0.0466. The van der Waals surface area contributed by atoms with Gasteiger partial charge in [-0.15, -0.1) is 0 Å². The molecule has 1 aliphatic heterocycles. The molecule has 0 unspecified atom stereocenters. The third-order valence-electron chi connectivity index (χ3n) is 20.3. The molecular formula is C86H152N2. The zero-order valence-corrected chi connectivity index (χ0v) is 60.6. The molecule has 2 heteroatoms. The second-order valence-electron chi connectivity index (χ2n) is 28.9. The van der Waals surface area contributed by atoms with Crippen LogP contribution in [0, 0.1) is 0 Å². The second kappa shape index (κ2) is 58.3. The van der Waals surface area contributed by atoms with Gasteiger partial charge >= 0.3 is 0 Å². The summed E-state index contributed by atoms with van der Waals surface area (Å²) in [4.78, 5) is 0. The molecule has 2 aromatic carbocycles. The van der Waals surface area contributed by atoms with E-state index in [0.29, 0.717) is 0 Å². The molecule has 2 nitrogen and oxygen atoms in total. The van der Waals surface area contributed by atoms with Crippen molar-refractivity contribution in [2.45, 2.75) is 452 Å². The summed E-state index contributed by atoms with van der Waals surface area (Å²) in [5.74, 6) is 0. The largest absolute Gasteiger partial charge is 0.493 e. The summed E-state index contributed by atoms with van der Waals surface area (Å²) in [6.07, 6.45) is 86.4. The first-order valence-electron chi connectivity index (χ1n) is 40.7. The standard InChI is InChI=1S/C86H152N2/c1-7-13-19-25-30-32-34-36-38-40-42-44-46-48-50-52-56-61-67-79-71-77(65-59-54-27-21-15-9-3)73-81(75-79)85-83(69-63-24-18-12-6)84(70-64-58-29-23-17-11-5)86(88(85)87)82-74-78(66-60-55-28-22-16-10-4)72-80(76-82)68-62-57-53-51-49-47-45-43-41-39-37-35-33-31-26-20-14-8-2/h71-76H,7-70H2,1-6H3. The van der Waals surface area contributed by atoms with Crippen LogP contribution in [-0.2, 0) is 25.7 Å². The topological polar surface area (TPSA) is 25.3 Å². The first kappa shape index (κ1) is 79.8. The first-order chi connectivity index (χ1) is 43.5. The van der Waals surface area contributed by atoms with Gasteiger partial charge in [-0.2, -0.15) is 0 Å². The van der Waals surface area contributed by atoms with E-state index in [1.165, 1.54) is 417 Å². The molecule has 0 aliphatic carbocycles. The van der Waals surface area contributed by atoms with Crippen LogP contribution in [0.25, 0.3) is 16.9 Å². The van der Waals surface area contributed by atoms with E-state index in [2.05, 4.69) is 77.9 Å². The highest BCUT2D eigenvalue weighted by atomic mass is 15.2. The van der Waals surface area contributed by atoms with E-state index in [1.54, 1.807) is 4.70 Å². The van der Waals surface area contributed by atoms with Crippen LogP contribution < -0.4 is 0 Å². The van der Waals surface area contributed by atoms with Crippen molar-refractivity contribution in [3.63, 3.8) is 0 Å². The van der Waals surface area contributed by atoms with Crippen molar-refractivity contribution in [3.05, 3.63) is 86.5 Å². The lowest BCUT2D eigenvalue weighted by atomic mass is 9.89. The summed E-state index contributed by atoms with van der Waals surface area (Å²) in [6.45, 7) is 14.0. The van der Waals surface area contributed by atoms with Gasteiger partial charge in [0.15, 0.2) is 0 Å². The second-order valence-corrected chi connectivity index (χ2v) is 28.9. The van der Waals surface area contributed by atoms with Gasteiger partial charge in [0.2, 0.25) is 11.4 Å². The van der Waals surface area contributed by atoms with E-state index in [1.807, 2.05) is 0 Å². The van der Waals surface area contributed by atoms with Gasteiger partial charge in [0, 0.05) is 22.3 Å². The number of aryl methyl sites for hydroxylation is 4. The Bertz CT molecular complexity index is 1980. The molecule has 1 heterocycles. The van der Waals surface area contributed by atoms with Crippen LogP contribution in [0.3, 0.4) is 0 Å². The lowest BCUT2D eigenvalue weighted by molar-refractivity contribution is -0.345. The molecule has 88 heavy (non-hydrogen) atoms. The van der Waals surface area contributed by atoms with Crippen LogP contribution in [0.2, 0.25) is 0 Å². The van der Waals surface area contributed by atoms with Crippen molar-refractivity contribution in [1.29, 1.82) is 0 Å². The van der Waals surface area contributed by atoms with Crippen molar-refractivity contribution in [2.75, 3.05) is 0 Å². The van der Waals surface area contributed by atoms with E-state index in [-0.39, 0.29) is 0 Å². The van der Waals surface area contributed by atoms with Gasteiger partial charge in [-0.25, -0.2) is 4.70 Å². The van der Waals surface area contributed by atoms with Gasteiger partial charge in [-0.1, -0.05) is 388 Å². The Hall–Kier alpha value is -2.48. The molecule has 0 spiro atoms. The first-order valence-corrected chi connectivity index (χ1v) is 40.7. The number of hydrogen-bond donors (Lipinski definition) is 0. The maximum Gasteiger partial charge on any atom is 0.211 e. The number of nitrogens with zero attached hydrogens (tertiary/aromatic N) is 2. The van der Waals surface area contributed by atoms with Crippen molar-refractivity contribution >= 4 is 11.4 Å². The molecule has 0 saturated heterocycles. The zero-order valence-electron chi connectivity index (χ0n) is 60.6. The molecule has 3 rings (SSSR count). The van der Waals surface area contributed by atoms with Crippen LogP contribution in [0.4, 0.5) is 0 Å². The van der Waals surface area contributed by atoms with Gasteiger partial charge < -0.3 is 5.53 Å². The normalized spacial score (nSPS) is 12.8. The number of allylic oxidation sites excluding steroid dienone is 2. The Kier molecular flexibility index (Phi) is 52.9. The molecule has 1 aliphatic rings. The molecular weight excluding hydrogens is 1060 g/mol. The smallest absolute Gasteiger partial charge is 0.211 e. The lowest BCUT2D eigenvalue weighted by Crippen LogP contribution is -2.05. The Morgan fingerprint density at radius 3 is 0.523 bits per heavy atom. The van der Waals surface area contributed by atoms with E-state index in [4.69, 9.17) is 0 Å². The average molecular weight is 1210 g/mol. The summed E-state index contributed by atoms with van der Waals surface area (Å²) in [6, 6.07) is 15.4. The maximum absolute atomic E-state index is 13.3. The third-order valence-corrected chi connectivity index (χ3v) is 20.3. The fourth-order valence-electron chi connectivity index (χ4n) is 14.7. The van der Waals surface area contributed by atoms with Gasteiger partial charge in [-0.3, -0.25) is 0 Å². The summed E-state index contributed by atoms with van der Waals surface area (Å²) in [5, 5.41) is 0. The highest BCUT2D eigenvalue weighted by Gasteiger charge is 2.36. The number of benzene rings is 2. The summed E-state index contributed by atoms with van der Waals surface area (Å²) in [5.41, 5.74) is 27.1. The van der Waals surface area contributed by atoms with Crippen LogP contribution in [0.5, 0.6) is 0 Å². The average Bonchev–Trinajstić information content (AvgIpc) is 2.01. The minimum atomic E-state index is 1.06. The Morgan fingerprint density at radius 2 is 0.341 bits per heavy atom. The predicted octanol–water partition coefficient (Wildman–Crippen LogP) is 30.6. The molecule has 0 atom stereocenters. The summed E-state index contributed by atoms with van der Waals surface area (Å²) >= 11 is 0. The molecule has 0 radical (unpaired) electrons. The fourth-order valence-corrected chi connectivity index (χ4v) is 14.7. The highest BCUT2D eigenvalue weighted by Crippen LogP contribution is 2.46. The Morgan fingerprint density at radius 1 is 0.193 bits per heavy atom. The van der Waals surface area contributed by atoms with E-state index >= 15 is 0 Å². The minimum Gasteiger partial charge on any atom is -0.493 e. The molecule has 0 aromatic heterocycles. The number of hydrogen-bond acceptors (Lipinski definition) is 0. The van der Waals surface area contributed by atoms with Crippen molar-refractivity contribution in [3.8, 4) is 0 Å². The Balaban J connectivity index is 1.82. The fraction of sp³-hybridized carbons (Fsp3) is 0.814. The third kappa shape index (κ3) is 39.8. The molecule has 506 valence electrons. The van der Waals surface area contributed by atoms with E-state index in [9.17, 15) is 5.53 Å². The number of rotatable bonds is 66. The summed E-state index contributed by atoms with van der Waals surface area (Å²) < 4.78 is 1.79. The maximum atomic E-state index is 13.3. The van der Waals surface area contributed by atoms with Crippen molar-refractivity contribution in [1.82, 2.24) is 0 Å². The van der Waals surface area contributed by atoms with Crippen LogP contribution >= 0.6 is 0 Å². The van der Waals surface area contributed by atoms with Gasteiger partial charge in [0.25, 0.3) is 0 Å². The Labute approximate surface area is 552 Å². The van der Waals surface area contributed by atoms with E-state index in [0.717, 1.165) is 49.9 Å². The predicted molar refractivity (Wildman–Crippen MR) is 396 cm³/mol. The summed E-state index contributed by atoms with van der Waals surface area (Å²) in [7, 11) is 0. The molecule has 0 fully saturated rings. The van der Waals surface area contributed by atoms with Crippen LogP contribution in [0.15, 0.2) is 47.5 Å². The molecule has 0 saturated carbocycles. The lowest BCUT2D eigenvalue weighted by Gasteiger charge is -2.15. The van der Waals surface area contributed by atoms with Gasteiger partial charge in [0.1, 0.15) is 0 Å². The zero-order chi connectivity index (χ0) is 62.8. The number of unbranched alkanes of at least 4 members (excludes halogenated alkanes) is 52. The highest BCUT2D eigenvalue weighted by molar-refractivity contribution is 5.82. The van der Waals surface area contributed by atoms with Crippen LogP contribution in [-0.4, -0.2) is 4.70 Å². The molecule has 2 aromatic rings. The molecule has 0 N–H and O–H groups in total. The molecule has 0 amide bonds. The SMILES string of the molecule is CCCCCCCCCCCCCCCCCCCCc1cc(CCCCCCCC)cc(C2=C(CCCCCC)C(CCCCCCCC)=C(c3cc(CCCCCCCC)cc(CCCCCCCCCCCCCCCCCCCC)c3)[N+]2=[N-])c1. The van der Waals surface area contributed by atoms with Gasteiger partial charge in [-0.05, 0) is 124 Å². The monoisotopic (exact) mass is 1210 g/mol. The molecule has 0 bridgehead atoms. The van der Waals surface area contributed by atoms with Crippen LogP contribution in [0.1, 0.15) is 460 Å². The van der Waals surface area contributed by atoms with Gasteiger partial charge in [0.05, 0.1) is 0 Å². The minimum absolute atomic E-state index is 1.06.